The smallest absolute Gasteiger partial charge is 0.209 e. The number of carbonyl (C=O) groups is 1. The van der Waals surface area contributed by atoms with E-state index >= 15 is 0 Å². The van der Waals surface area contributed by atoms with Gasteiger partial charge in [-0.2, -0.15) is 0 Å². The van der Waals surface area contributed by atoms with Crippen LogP contribution in [-0.4, -0.2) is 10.4 Å². The predicted octanol–water partition coefficient (Wildman–Crippen LogP) is 2.70. The molecule has 0 radical (unpaired) electrons. The summed E-state index contributed by atoms with van der Waals surface area (Å²) in [6, 6.07) is 7.97. The van der Waals surface area contributed by atoms with Crippen LogP contribution in [-0.2, 0) is 6.54 Å². The molecule has 0 aliphatic carbocycles. The third kappa shape index (κ3) is 1.16. The van der Waals surface area contributed by atoms with E-state index in [0.29, 0.717) is 0 Å². The number of benzene rings is 1. The maximum atomic E-state index is 12.2. The molecule has 1 aliphatic rings. The number of aromatic nitrogens is 1. The molecule has 80 valence electrons. The fourth-order valence-corrected chi connectivity index (χ4v) is 2.30. The molecule has 1 aromatic heterocycles. The zero-order chi connectivity index (χ0) is 11.3. The summed E-state index contributed by atoms with van der Waals surface area (Å²) in [5.41, 5.74) is 5.25. The number of ketones is 1. The highest BCUT2D eigenvalue weighted by Gasteiger charge is 2.22. The highest BCUT2D eigenvalue weighted by Crippen LogP contribution is 2.25. The molecule has 2 aromatic rings. The van der Waals surface area contributed by atoms with Crippen LogP contribution >= 0.6 is 0 Å². The molecule has 3 rings (SSSR count). The fourth-order valence-electron chi connectivity index (χ4n) is 2.30. The molecule has 0 fully saturated rings. The lowest BCUT2D eigenvalue weighted by atomic mass is 9.93. The third-order valence-electron chi connectivity index (χ3n) is 3.37. The molecule has 1 aromatic carbocycles. The first-order valence-electron chi connectivity index (χ1n) is 5.47. The Hall–Kier alpha value is -1.83. The van der Waals surface area contributed by atoms with Gasteiger partial charge in [-0.3, -0.25) is 4.79 Å². The number of hydrogen-bond acceptors (Lipinski definition) is 1. The third-order valence-corrected chi connectivity index (χ3v) is 3.37. The summed E-state index contributed by atoms with van der Waals surface area (Å²) < 4.78 is 2.01. The van der Waals surface area contributed by atoms with Crippen LogP contribution in [0.15, 0.2) is 30.5 Å². The van der Waals surface area contributed by atoms with Crippen molar-refractivity contribution < 1.29 is 4.79 Å². The van der Waals surface area contributed by atoms with Crippen molar-refractivity contribution in [3.63, 3.8) is 0 Å². The minimum Gasteiger partial charge on any atom is -0.340 e. The molecular formula is C14H13NO. The summed E-state index contributed by atoms with van der Waals surface area (Å²) >= 11 is 0. The Morgan fingerprint density at radius 3 is 2.75 bits per heavy atom. The van der Waals surface area contributed by atoms with Gasteiger partial charge in [-0.15, -0.1) is 0 Å². The first-order chi connectivity index (χ1) is 7.66. The Bertz CT molecular complexity index is 593. The summed E-state index contributed by atoms with van der Waals surface area (Å²) in [6.45, 7) is 4.95. The van der Waals surface area contributed by atoms with Crippen LogP contribution in [0.3, 0.4) is 0 Å². The van der Waals surface area contributed by atoms with Crippen molar-refractivity contribution in [3.8, 4) is 0 Å². The van der Waals surface area contributed by atoms with Crippen LogP contribution < -0.4 is 0 Å². The molecule has 2 heteroatoms. The van der Waals surface area contributed by atoms with Gasteiger partial charge in [0.25, 0.3) is 0 Å². The fraction of sp³-hybridized carbons (Fsp3) is 0.214. The van der Waals surface area contributed by atoms with Gasteiger partial charge in [-0.25, -0.2) is 0 Å². The molecule has 16 heavy (non-hydrogen) atoms. The minimum absolute atomic E-state index is 0.148. The van der Waals surface area contributed by atoms with Gasteiger partial charge < -0.3 is 4.57 Å². The average molecular weight is 211 g/mol. The Kier molecular flexibility index (Phi) is 1.81. The van der Waals surface area contributed by atoms with Crippen LogP contribution in [0.4, 0.5) is 0 Å². The van der Waals surface area contributed by atoms with Gasteiger partial charge in [0.05, 0.1) is 5.69 Å². The molecular weight excluding hydrogens is 198 g/mol. The number of rotatable bonds is 0. The molecule has 0 spiro atoms. The van der Waals surface area contributed by atoms with Gasteiger partial charge in [0.2, 0.25) is 5.78 Å². The lowest BCUT2D eigenvalue weighted by Gasteiger charge is -2.19. The summed E-state index contributed by atoms with van der Waals surface area (Å²) in [7, 11) is 0. The molecule has 0 N–H and O–H groups in total. The highest BCUT2D eigenvalue weighted by atomic mass is 16.1. The monoisotopic (exact) mass is 211 g/mol. The predicted molar refractivity (Wildman–Crippen MR) is 62.9 cm³/mol. The molecule has 0 atom stereocenters. The molecule has 0 amide bonds. The Labute approximate surface area is 94.5 Å². The van der Waals surface area contributed by atoms with Crippen molar-refractivity contribution in [2.75, 3.05) is 0 Å². The highest BCUT2D eigenvalue weighted by molar-refractivity contribution is 6.10. The summed E-state index contributed by atoms with van der Waals surface area (Å²) in [6.07, 6.45) is 1.96. The molecule has 0 unspecified atom stereocenters. The van der Waals surface area contributed by atoms with Crippen LogP contribution in [0.5, 0.6) is 0 Å². The zero-order valence-electron chi connectivity index (χ0n) is 9.45. The van der Waals surface area contributed by atoms with Crippen LogP contribution in [0.25, 0.3) is 0 Å². The van der Waals surface area contributed by atoms with E-state index in [9.17, 15) is 4.79 Å². The number of hydrogen-bond donors (Lipinski definition) is 0. The largest absolute Gasteiger partial charge is 0.340 e. The van der Waals surface area contributed by atoms with Crippen LogP contribution in [0, 0.1) is 13.8 Å². The van der Waals surface area contributed by atoms with E-state index in [1.165, 1.54) is 11.1 Å². The van der Waals surface area contributed by atoms with Crippen molar-refractivity contribution in [1.82, 2.24) is 4.57 Å². The molecule has 1 aliphatic heterocycles. The molecule has 0 saturated heterocycles. The van der Waals surface area contributed by atoms with Crippen molar-refractivity contribution in [2.45, 2.75) is 20.4 Å². The normalized spacial score (nSPS) is 13.5. The lowest BCUT2D eigenvalue weighted by molar-refractivity contribution is 0.102. The van der Waals surface area contributed by atoms with E-state index in [1.54, 1.807) is 0 Å². The maximum absolute atomic E-state index is 12.2. The van der Waals surface area contributed by atoms with Crippen LogP contribution in [0.1, 0.15) is 32.7 Å². The van der Waals surface area contributed by atoms with Crippen LogP contribution in [0.2, 0.25) is 0 Å². The number of nitrogens with zero attached hydrogens (tertiary/aromatic N) is 1. The average Bonchev–Trinajstić information content (AvgIpc) is 2.70. The molecule has 0 saturated carbocycles. The minimum atomic E-state index is 0.148. The second-order valence-electron chi connectivity index (χ2n) is 4.44. The van der Waals surface area contributed by atoms with Gasteiger partial charge in [0.1, 0.15) is 0 Å². The van der Waals surface area contributed by atoms with Gasteiger partial charge in [-0.05, 0) is 48.7 Å². The van der Waals surface area contributed by atoms with E-state index in [2.05, 4.69) is 19.9 Å². The Morgan fingerprint density at radius 2 is 1.94 bits per heavy atom. The van der Waals surface area contributed by atoms with Gasteiger partial charge >= 0.3 is 0 Å². The van der Waals surface area contributed by atoms with E-state index in [4.69, 9.17) is 0 Å². The SMILES string of the molecule is Cc1cc2c(cc1C)C(=O)c1cccn1C2. The van der Waals surface area contributed by atoms with E-state index in [1.807, 2.05) is 29.0 Å². The van der Waals surface area contributed by atoms with E-state index < -0.39 is 0 Å². The van der Waals surface area contributed by atoms with Gasteiger partial charge in [-0.1, -0.05) is 6.07 Å². The summed E-state index contributed by atoms with van der Waals surface area (Å²) in [5, 5.41) is 0. The second kappa shape index (κ2) is 3.08. The standard InChI is InChI=1S/C14H13NO/c1-9-6-11-8-15-5-3-4-13(15)14(16)12(11)7-10(9)2/h3-7H,8H2,1-2H3. The number of fused-ring (bicyclic) bond motifs is 2. The maximum Gasteiger partial charge on any atom is 0.209 e. The molecule has 2 heterocycles. The first kappa shape index (κ1) is 9.40. The lowest BCUT2D eigenvalue weighted by Crippen LogP contribution is -2.19. The molecule has 2 nitrogen and oxygen atoms in total. The Balaban J connectivity index is 2.24. The van der Waals surface area contributed by atoms with E-state index in [-0.39, 0.29) is 5.78 Å². The van der Waals surface area contributed by atoms with Crippen molar-refractivity contribution in [2.24, 2.45) is 0 Å². The zero-order valence-corrected chi connectivity index (χ0v) is 9.45. The first-order valence-corrected chi connectivity index (χ1v) is 5.47. The quantitative estimate of drug-likeness (QED) is 0.560. The van der Waals surface area contributed by atoms with Crippen molar-refractivity contribution in [3.05, 3.63) is 58.4 Å². The molecule has 0 bridgehead atoms. The Morgan fingerprint density at radius 1 is 1.19 bits per heavy atom. The van der Waals surface area contributed by atoms with E-state index in [0.717, 1.165) is 23.4 Å². The summed E-state index contributed by atoms with van der Waals surface area (Å²) in [4.78, 5) is 12.2. The number of carbonyl (C=O) groups excluding carboxylic acids is 1. The van der Waals surface area contributed by atoms with Gasteiger partial charge in [0.15, 0.2) is 0 Å². The topological polar surface area (TPSA) is 22.0 Å². The van der Waals surface area contributed by atoms with Gasteiger partial charge in [0, 0.05) is 18.3 Å². The van der Waals surface area contributed by atoms with Crippen molar-refractivity contribution >= 4 is 5.78 Å². The summed E-state index contributed by atoms with van der Waals surface area (Å²) in [5.74, 6) is 0.148. The second-order valence-corrected chi connectivity index (χ2v) is 4.44. The number of aryl methyl sites for hydroxylation is 2. The van der Waals surface area contributed by atoms with Crippen molar-refractivity contribution in [1.29, 1.82) is 0 Å².